The molecule has 0 aromatic rings. The highest BCUT2D eigenvalue weighted by molar-refractivity contribution is 6.04. The Morgan fingerprint density at radius 1 is 0.950 bits per heavy atom. The van der Waals surface area contributed by atoms with Gasteiger partial charge in [0.05, 0.1) is 12.1 Å². The van der Waals surface area contributed by atoms with E-state index < -0.39 is 23.6 Å². The zero-order valence-corrected chi connectivity index (χ0v) is 25.4. The highest BCUT2D eigenvalue weighted by Gasteiger charge is 2.72. The summed E-state index contributed by atoms with van der Waals surface area (Å²) in [5.41, 5.74) is -1.64. The number of nitrogens with one attached hydrogen (secondary N) is 1. The SMILES string of the molecule is CC1(C)CC[C@]2(CNCC(F)(F)F)CC[C@]3(C)[C@H](C(=O)C[C@@H]4[C@@]5(C)C=C(C#N)C(=O)C(C)(C)[C@@H]5CC[C@]43C)[C@H]2C1. The van der Waals surface area contributed by atoms with Gasteiger partial charge in [0.2, 0.25) is 0 Å². The quantitative estimate of drug-likeness (QED) is 0.390. The van der Waals surface area contributed by atoms with Crippen LogP contribution in [-0.4, -0.2) is 30.8 Å². The minimum atomic E-state index is -4.26. The minimum Gasteiger partial charge on any atom is -0.308 e. The van der Waals surface area contributed by atoms with Crippen molar-refractivity contribution in [2.45, 2.75) is 106 Å². The molecule has 5 aliphatic rings. The number of nitriles is 1. The summed E-state index contributed by atoms with van der Waals surface area (Å²) in [6.07, 6.45) is 4.15. The first-order valence-corrected chi connectivity index (χ1v) is 15.2. The first-order valence-electron chi connectivity index (χ1n) is 15.2. The topological polar surface area (TPSA) is 70.0 Å². The van der Waals surface area contributed by atoms with Gasteiger partial charge in [-0.15, -0.1) is 0 Å². The Hall–Kier alpha value is -1.68. The van der Waals surface area contributed by atoms with Crippen LogP contribution in [0.2, 0.25) is 0 Å². The number of carbonyl (C=O) groups excluding carboxylic acids is 2. The normalized spacial score (nSPS) is 45.8. The van der Waals surface area contributed by atoms with Crippen molar-refractivity contribution < 1.29 is 22.8 Å². The molecule has 1 N–H and O–H groups in total. The van der Waals surface area contributed by atoms with E-state index in [1.807, 2.05) is 19.9 Å². The number of ketones is 2. The molecule has 0 radical (unpaired) electrons. The molecular weight excluding hydrogens is 513 g/mol. The van der Waals surface area contributed by atoms with Crippen molar-refractivity contribution in [2.75, 3.05) is 13.1 Å². The van der Waals surface area contributed by atoms with Gasteiger partial charge in [-0.3, -0.25) is 9.59 Å². The van der Waals surface area contributed by atoms with Gasteiger partial charge in [-0.25, -0.2) is 0 Å². The van der Waals surface area contributed by atoms with E-state index in [0.29, 0.717) is 13.0 Å². The zero-order chi connectivity index (χ0) is 29.7. The van der Waals surface area contributed by atoms with Crippen molar-refractivity contribution >= 4 is 11.6 Å². The summed E-state index contributed by atoms with van der Waals surface area (Å²) in [7, 11) is 0. The maximum Gasteiger partial charge on any atom is 0.401 e. The molecule has 4 fully saturated rings. The van der Waals surface area contributed by atoms with Crippen LogP contribution in [0.4, 0.5) is 13.2 Å². The number of fused-ring (bicyclic) bond motifs is 7. The second-order valence-corrected chi connectivity index (χ2v) is 16.3. The van der Waals surface area contributed by atoms with Crippen LogP contribution in [0.3, 0.4) is 0 Å². The number of rotatable bonds is 3. The number of Topliss-reactive ketones (excluding diaryl/α,β-unsaturated/α-hetero) is 2. The third kappa shape index (κ3) is 4.08. The molecule has 222 valence electrons. The number of hydrogen-bond donors (Lipinski definition) is 1. The van der Waals surface area contributed by atoms with Crippen LogP contribution in [0.25, 0.3) is 0 Å². The lowest BCUT2D eigenvalue weighted by Gasteiger charge is -2.72. The first-order chi connectivity index (χ1) is 18.3. The van der Waals surface area contributed by atoms with Gasteiger partial charge < -0.3 is 5.32 Å². The third-order valence-corrected chi connectivity index (χ3v) is 13.4. The number of halogens is 3. The fourth-order valence-electron chi connectivity index (χ4n) is 11.2. The standard InChI is InChI=1S/C33H47F3N2O2/c1-27(2)10-12-32(18-38-19-33(34,35)36)13-11-31(7)25(21(32)16-27)22(39)14-24-29(5)15-20(17-37)26(40)28(3,4)23(29)8-9-30(24,31)6/h15,21,23-25,38H,8-14,16,18-19H2,1-7H3/t21-,23+,24-,25+,29+,30-,31-,32-/m1/s1. The Bertz CT molecular complexity index is 1180. The Kier molecular flexibility index (Phi) is 6.64. The molecule has 5 aliphatic carbocycles. The summed E-state index contributed by atoms with van der Waals surface area (Å²) < 4.78 is 39.4. The maximum atomic E-state index is 14.5. The lowest BCUT2D eigenvalue weighted by atomic mass is 9.31. The van der Waals surface area contributed by atoms with E-state index in [0.717, 1.165) is 44.9 Å². The summed E-state index contributed by atoms with van der Waals surface area (Å²) >= 11 is 0. The van der Waals surface area contributed by atoms with Crippen LogP contribution in [-0.2, 0) is 9.59 Å². The van der Waals surface area contributed by atoms with Gasteiger partial charge >= 0.3 is 6.18 Å². The monoisotopic (exact) mass is 560 g/mol. The molecule has 0 spiro atoms. The van der Waals surface area contributed by atoms with Crippen molar-refractivity contribution in [2.24, 2.45) is 56.2 Å². The summed E-state index contributed by atoms with van der Waals surface area (Å²) in [6.45, 7) is 14.6. The molecule has 0 unspecified atom stereocenters. The van der Waals surface area contributed by atoms with E-state index in [-0.39, 0.29) is 62.5 Å². The number of alkyl halides is 3. The second kappa shape index (κ2) is 8.91. The van der Waals surface area contributed by atoms with Gasteiger partial charge in [-0.05, 0) is 89.8 Å². The molecule has 0 bridgehead atoms. The van der Waals surface area contributed by atoms with Crippen LogP contribution < -0.4 is 5.32 Å². The summed E-state index contributed by atoms with van der Waals surface area (Å²) in [5, 5.41) is 12.7. The number of carbonyl (C=O) groups is 2. The molecule has 0 aromatic heterocycles. The van der Waals surface area contributed by atoms with E-state index in [1.165, 1.54) is 0 Å². The van der Waals surface area contributed by atoms with Crippen molar-refractivity contribution in [1.82, 2.24) is 5.32 Å². The Morgan fingerprint density at radius 2 is 1.60 bits per heavy atom. The maximum absolute atomic E-state index is 14.5. The predicted molar refractivity (Wildman–Crippen MR) is 148 cm³/mol. The van der Waals surface area contributed by atoms with Crippen molar-refractivity contribution in [3.63, 3.8) is 0 Å². The van der Waals surface area contributed by atoms with Crippen LogP contribution in [0.1, 0.15) is 99.8 Å². The molecule has 0 aliphatic heterocycles. The molecule has 0 amide bonds. The molecule has 0 heterocycles. The second-order valence-electron chi connectivity index (χ2n) is 16.3. The van der Waals surface area contributed by atoms with E-state index in [4.69, 9.17) is 0 Å². The number of hydrogen-bond acceptors (Lipinski definition) is 4. The molecule has 5 rings (SSSR count). The average Bonchev–Trinajstić information content (AvgIpc) is 2.82. The van der Waals surface area contributed by atoms with Gasteiger partial charge in [-0.1, -0.05) is 54.5 Å². The van der Waals surface area contributed by atoms with E-state index >= 15 is 0 Å². The van der Waals surface area contributed by atoms with Crippen LogP contribution >= 0.6 is 0 Å². The lowest BCUT2D eigenvalue weighted by Crippen LogP contribution is -2.69. The Morgan fingerprint density at radius 3 is 2.23 bits per heavy atom. The Balaban J connectivity index is 1.57. The fraction of sp³-hybridized carbons (Fsp3) is 0.848. The van der Waals surface area contributed by atoms with Crippen LogP contribution in [0.5, 0.6) is 0 Å². The fourth-order valence-corrected chi connectivity index (χ4v) is 11.2. The number of nitrogens with zero attached hydrogens (tertiary/aromatic N) is 1. The third-order valence-electron chi connectivity index (χ3n) is 13.4. The molecule has 7 heteroatoms. The van der Waals surface area contributed by atoms with Gasteiger partial charge in [0.1, 0.15) is 11.9 Å². The highest BCUT2D eigenvalue weighted by atomic mass is 19.4. The molecule has 0 aromatic carbocycles. The van der Waals surface area contributed by atoms with Gasteiger partial charge in [-0.2, -0.15) is 18.4 Å². The smallest absolute Gasteiger partial charge is 0.308 e. The summed E-state index contributed by atoms with van der Waals surface area (Å²) in [4.78, 5) is 27.8. The van der Waals surface area contributed by atoms with E-state index in [1.54, 1.807) is 0 Å². The molecule has 40 heavy (non-hydrogen) atoms. The largest absolute Gasteiger partial charge is 0.401 e. The Labute approximate surface area is 237 Å². The van der Waals surface area contributed by atoms with Gasteiger partial charge in [0.25, 0.3) is 0 Å². The number of allylic oxidation sites excluding steroid dienone is 2. The van der Waals surface area contributed by atoms with Gasteiger partial charge in [0, 0.05) is 24.3 Å². The molecule has 4 saturated carbocycles. The molecule has 0 saturated heterocycles. The lowest BCUT2D eigenvalue weighted by molar-refractivity contribution is -0.222. The van der Waals surface area contributed by atoms with Crippen LogP contribution in [0.15, 0.2) is 11.6 Å². The molecule has 4 nitrogen and oxygen atoms in total. The average molecular weight is 561 g/mol. The highest BCUT2D eigenvalue weighted by Crippen LogP contribution is 2.75. The van der Waals surface area contributed by atoms with E-state index in [9.17, 15) is 28.0 Å². The zero-order valence-electron chi connectivity index (χ0n) is 25.4. The van der Waals surface area contributed by atoms with Crippen LogP contribution in [0, 0.1) is 67.5 Å². The first kappa shape index (κ1) is 29.8. The van der Waals surface area contributed by atoms with Crippen molar-refractivity contribution in [1.29, 1.82) is 5.26 Å². The predicted octanol–water partition coefficient (Wildman–Crippen LogP) is 7.44. The van der Waals surface area contributed by atoms with E-state index in [2.05, 4.69) is 46.0 Å². The minimum absolute atomic E-state index is 0.00989. The van der Waals surface area contributed by atoms with Crippen molar-refractivity contribution in [3.8, 4) is 6.07 Å². The molecule has 8 atom stereocenters. The summed E-state index contributed by atoms with van der Waals surface area (Å²) in [6, 6.07) is 2.17. The van der Waals surface area contributed by atoms with Gasteiger partial charge in [0.15, 0.2) is 5.78 Å². The summed E-state index contributed by atoms with van der Waals surface area (Å²) in [5.74, 6) is 0.0736. The molecular formula is C33H47F3N2O2. The van der Waals surface area contributed by atoms with Crippen molar-refractivity contribution in [3.05, 3.63) is 11.6 Å².